The molecule has 11 N–H and O–H groups in total. The number of hydrogen-bond acceptors (Lipinski definition) is 7. The van der Waals surface area contributed by atoms with Crippen LogP contribution in [-0.2, 0) is 28.8 Å². The summed E-state index contributed by atoms with van der Waals surface area (Å²) in [5, 5.41) is 0. The van der Waals surface area contributed by atoms with Crippen LogP contribution >= 0.6 is 0 Å². The molecule has 0 bridgehead atoms. The average Bonchev–Trinajstić information content (AvgIpc) is 2.14. The topological polar surface area (TPSA) is 342 Å². The normalized spacial score (nSPS) is 11.4. The fourth-order valence-corrected chi connectivity index (χ4v) is 0. The first-order valence-corrected chi connectivity index (χ1v) is 22.6. The number of halogens is 5. The third kappa shape index (κ3) is 1420. The Morgan fingerprint density at radius 2 is 0.562 bits per heavy atom. The Labute approximate surface area is 203 Å². The number of rotatable bonds is 1. The van der Waals surface area contributed by atoms with Gasteiger partial charge >= 0.3 is 169 Å². The predicted molar refractivity (Wildman–Crippen MR) is 89.2 cm³/mol. The van der Waals surface area contributed by atoms with Crippen LogP contribution in [0.2, 0.25) is 0 Å². The van der Waals surface area contributed by atoms with Gasteiger partial charge < -0.3 is 0 Å². The Kier molecular flexibility index (Phi) is 34.4. The summed E-state index contributed by atoms with van der Waals surface area (Å²) in [7, 11) is -3.66. The first-order chi connectivity index (χ1) is 12.6. The van der Waals surface area contributed by atoms with E-state index >= 15 is 0 Å². The van der Waals surface area contributed by atoms with E-state index in [1.165, 1.54) is 6.92 Å². The van der Waals surface area contributed by atoms with Crippen molar-refractivity contribution in [2.24, 2.45) is 0 Å². The minimum atomic E-state index is -5.62. The molecule has 18 nitrogen and oxygen atoms in total. The van der Waals surface area contributed by atoms with Crippen LogP contribution < -0.4 is 0 Å². The minimum absolute atomic E-state index is 0. The Morgan fingerprint density at radius 1 is 0.531 bits per heavy atom. The maximum absolute atomic E-state index is 10.4. The van der Waals surface area contributed by atoms with Crippen LogP contribution in [0.4, 0.5) is 17.3 Å². The fraction of sp³-hybridized carbons (Fsp3) is 1.00. The van der Waals surface area contributed by atoms with Crippen molar-refractivity contribution >= 4 is 102 Å². The molecule has 200 valence electrons. The van der Waals surface area contributed by atoms with E-state index in [1.807, 2.05) is 0 Å². The van der Waals surface area contributed by atoms with E-state index in [9.17, 15) is 25.8 Å². The van der Waals surface area contributed by atoms with Gasteiger partial charge in [-0.2, -0.15) is 8.42 Å². The van der Waals surface area contributed by atoms with Gasteiger partial charge in [0, 0.05) is 0 Å². The molecule has 0 radical (unpaired) electrons. The van der Waals surface area contributed by atoms with Crippen molar-refractivity contribution in [2.75, 3.05) is 5.75 Å². The van der Waals surface area contributed by atoms with Crippen molar-refractivity contribution < 1.29 is 90.0 Å². The molecule has 0 unspecified atom stereocenters. The SMILES string of the molecule is CCS(=O)(=O)O.O=[As](O)(O)F.O=[As](O)(O)F.O=[As](O)(O)F.O=[As](O)(O)F.O=[As](O)(O)F.[LiH]. The van der Waals surface area contributed by atoms with Gasteiger partial charge in [-0.05, 0) is 6.92 Å². The van der Waals surface area contributed by atoms with E-state index in [2.05, 4.69) is 0 Å². The van der Waals surface area contributed by atoms with Crippen molar-refractivity contribution in [1.29, 1.82) is 0 Å². The number of hydrogen-bond donors (Lipinski definition) is 11. The summed E-state index contributed by atoms with van der Waals surface area (Å²) in [5.41, 5.74) is 0. The van der Waals surface area contributed by atoms with Gasteiger partial charge in [-0.25, -0.2) is 0 Å². The fourth-order valence-electron chi connectivity index (χ4n) is 0. The summed E-state index contributed by atoms with van der Waals surface area (Å²) in [6, 6.07) is 0. The quantitative estimate of drug-likeness (QED) is 0.0664. The van der Waals surface area contributed by atoms with Crippen LogP contribution in [-0.4, -0.2) is 152 Å². The first-order valence-electron chi connectivity index (χ1n) is 5.27. The summed E-state index contributed by atoms with van der Waals surface area (Å²) < 4.78 is 193. The molecule has 0 aliphatic rings. The first kappa shape index (κ1) is 50.4. The van der Waals surface area contributed by atoms with Gasteiger partial charge in [-0.1, -0.05) is 0 Å². The van der Waals surface area contributed by atoms with Gasteiger partial charge in [-0.15, -0.1) is 0 Å². The zero-order valence-electron chi connectivity index (χ0n) is 14.0. The van der Waals surface area contributed by atoms with Crippen LogP contribution in [0.5, 0.6) is 0 Å². The van der Waals surface area contributed by atoms with Crippen molar-refractivity contribution in [2.45, 2.75) is 6.92 Å². The van der Waals surface area contributed by atoms with Crippen LogP contribution in [0.15, 0.2) is 0 Å². The summed E-state index contributed by atoms with van der Waals surface area (Å²) in [5.74, 6) is -0.201. The molecule has 0 rings (SSSR count). The van der Waals surface area contributed by atoms with Crippen molar-refractivity contribution in [3.8, 4) is 0 Å². The van der Waals surface area contributed by atoms with Crippen LogP contribution in [0.25, 0.3) is 0 Å². The van der Waals surface area contributed by atoms with E-state index in [0.29, 0.717) is 0 Å². The van der Waals surface area contributed by atoms with E-state index in [-0.39, 0.29) is 24.6 Å². The molecular formula is C2H17As5F5LiO18S. The van der Waals surface area contributed by atoms with E-state index < -0.39 is 83.3 Å². The Balaban J connectivity index is -0.0000000467. The monoisotopic (exact) mass is 838 g/mol. The van der Waals surface area contributed by atoms with Gasteiger partial charge in [-0.3, -0.25) is 4.55 Å². The summed E-state index contributed by atoms with van der Waals surface area (Å²) in [6.07, 6.45) is 0. The molecule has 0 aliphatic heterocycles. The summed E-state index contributed by atoms with van der Waals surface area (Å²) in [4.78, 5) is 0. The zero-order chi connectivity index (χ0) is 27.7. The van der Waals surface area contributed by atoms with E-state index in [4.69, 9.17) is 64.2 Å². The molecule has 0 aliphatic carbocycles. The van der Waals surface area contributed by atoms with Gasteiger partial charge in [0.25, 0.3) is 10.1 Å². The molecule has 0 heterocycles. The molecule has 0 saturated heterocycles. The molecule has 30 heteroatoms. The molecule has 0 aromatic heterocycles. The zero-order valence-corrected chi connectivity index (χ0v) is 24.2. The Hall–Kier alpha value is 1.55. The van der Waals surface area contributed by atoms with Gasteiger partial charge in [0.05, 0.1) is 5.75 Å². The summed E-state index contributed by atoms with van der Waals surface area (Å²) >= 11 is -28.1. The second-order valence-corrected chi connectivity index (χ2v) is 14.9. The van der Waals surface area contributed by atoms with Crippen molar-refractivity contribution in [3.05, 3.63) is 0 Å². The summed E-state index contributed by atoms with van der Waals surface area (Å²) in [6.45, 7) is 1.37. The molecule has 0 amide bonds. The van der Waals surface area contributed by atoms with E-state index in [0.717, 1.165) is 0 Å². The van der Waals surface area contributed by atoms with Crippen molar-refractivity contribution in [3.63, 3.8) is 0 Å². The van der Waals surface area contributed by atoms with Gasteiger partial charge in [0.15, 0.2) is 0 Å². The average molecular weight is 838 g/mol. The third-order valence-electron chi connectivity index (χ3n) is 0.365. The molecule has 0 aromatic rings. The van der Waals surface area contributed by atoms with E-state index in [1.54, 1.807) is 0 Å². The van der Waals surface area contributed by atoms with Crippen molar-refractivity contribution in [1.82, 2.24) is 0 Å². The third-order valence-corrected chi connectivity index (χ3v) is 1.09. The molecule has 0 atom stereocenters. The standard InChI is InChI=1S/C2H6O3S.5AsFH2O3.Li.H/c1-2-6(3,4)5;5*2-1(3,4)5;;/h2H2,1H3,(H,3,4,5);5*(H2,3,4,5);;. The van der Waals surface area contributed by atoms with Gasteiger partial charge in [0.2, 0.25) is 0 Å². The molecule has 0 spiro atoms. The Bertz CT molecular complexity index is 614. The molecule has 0 aromatic carbocycles. The van der Waals surface area contributed by atoms with Gasteiger partial charge in [0.1, 0.15) is 0 Å². The second kappa shape index (κ2) is 21.8. The molecule has 0 fully saturated rings. The maximum atomic E-state index is 10.4. The van der Waals surface area contributed by atoms with Crippen LogP contribution in [0, 0.1) is 0 Å². The molecule has 32 heavy (non-hydrogen) atoms. The van der Waals surface area contributed by atoms with Crippen LogP contribution in [0.1, 0.15) is 6.92 Å². The molecular weight excluding hydrogens is 821 g/mol. The second-order valence-electron chi connectivity index (χ2n) is 3.24. The Morgan fingerprint density at radius 3 is 0.562 bits per heavy atom. The van der Waals surface area contributed by atoms with Crippen LogP contribution in [0.3, 0.4) is 0 Å². The molecule has 0 saturated carbocycles. The predicted octanol–water partition coefficient (Wildman–Crippen LogP) is -6.72.